The molecule has 0 bridgehead atoms. The van der Waals surface area contributed by atoms with Crippen LogP contribution in [0.25, 0.3) is 0 Å². The van der Waals surface area contributed by atoms with Crippen molar-refractivity contribution in [1.82, 2.24) is 5.32 Å². The monoisotopic (exact) mass is 301 g/mol. The number of aliphatic hydroxyl groups is 1. The van der Waals surface area contributed by atoms with Crippen LogP contribution in [0.1, 0.15) is 18.0 Å². The fourth-order valence-electron chi connectivity index (χ4n) is 1.57. The zero-order valence-corrected chi connectivity index (χ0v) is 11.0. The van der Waals surface area contributed by atoms with Crippen LogP contribution < -0.4 is 5.32 Å². The Morgan fingerprint density at radius 1 is 1.38 bits per heavy atom. The molecule has 1 unspecified atom stereocenters. The van der Waals surface area contributed by atoms with Crippen LogP contribution in [0.15, 0.2) is 12.1 Å². The van der Waals surface area contributed by atoms with Crippen LogP contribution in [-0.2, 0) is 9.53 Å². The summed E-state index contributed by atoms with van der Waals surface area (Å²) in [6, 6.07) is 0.387. The van der Waals surface area contributed by atoms with Gasteiger partial charge in [0.15, 0.2) is 17.5 Å². The zero-order chi connectivity index (χ0) is 15.8. The SMILES string of the molecule is C#CCOCCC(=O)NC(CO)c1cc(F)c(F)c(F)c1. The molecule has 2 N–H and O–H groups in total. The van der Waals surface area contributed by atoms with E-state index in [2.05, 4.69) is 11.2 Å². The zero-order valence-electron chi connectivity index (χ0n) is 11.0. The summed E-state index contributed by atoms with van der Waals surface area (Å²) in [6.07, 6.45) is 4.92. The van der Waals surface area contributed by atoms with Gasteiger partial charge in [-0.1, -0.05) is 5.92 Å². The second-order valence-electron chi connectivity index (χ2n) is 4.11. The second kappa shape index (κ2) is 8.29. The third-order valence-electron chi connectivity index (χ3n) is 2.59. The Labute approximate surface area is 119 Å². The standard InChI is InChI=1S/C14H14F3NO3/c1-2-4-21-5-3-13(20)18-12(8-19)9-6-10(15)14(17)11(16)7-9/h1,6-7,12,19H,3-5,8H2,(H,18,20). The maximum Gasteiger partial charge on any atom is 0.222 e. The van der Waals surface area contributed by atoms with Crippen molar-refractivity contribution in [3.63, 3.8) is 0 Å². The minimum atomic E-state index is -1.61. The number of hydrogen-bond donors (Lipinski definition) is 2. The highest BCUT2D eigenvalue weighted by Crippen LogP contribution is 2.19. The number of terminal acetylenes is 1. The molecule has 0 saturated heterocycles. The molecule has 0 aliphatic heterocycles. The van der Waals surface area contributed by atoms with Gasteiger partial charge in [-0.15, -0.1) is 6.42 Å². The van der Waals surface area contributed by atoms with Crippen LogP contribution in [0, 0.1) is 29.8 Å². The molecule has 1 rings (SSSR count). The van der Waals surface area contributed by atoms with E-state index in [4.69, 9.17) is 11.2 Å². The van der Waals surface area contributed by atoms with E-state index in [-0.39, 0.29) is 25.2 Å². The Morgan fingerprint density at radius 2 is 2.00 bits per heavy atom. The molecule has 114 valence electrons. The number of rotatable bonds is 7. The molecule has 0 radical (unpaired) electrons. The van der Waals surface area contributed by atoms with Gasteiger partial charge in [-0.25, -0.2) is 13.2 Å². The Kier molecular flexibility index (Phi) is 6.72. The Bertz CT molecular complexity index is 520. The third kappa shape index (κ3) is 5.10. The van der Waals surface area contributed by atoms with Gasteiger partial charge in [0, 0.05) is 0 Å². The molecule has 0 aliphatic rings. The van der Waals surface area contributed by atoms with E-state index in [0.717, 1.165) is 0 Å². The van der Waals surface area contributed by atoms with E-state index in [1.54, 1.807) is 0 Å². The molecule has 0 aliphatic carbocycles. The highest BCUT2D eigenvalue weighted by molar-refractivity contribution is 5.76. The number of halogens is 3. The van der Waals surface area contributed by atoms with Gasteiger partial charge in [0.25, 0.3) is 0 Å². The number of amides is 1. The maximum atomic E-state index is 13.1. The van der Waals surface area contributed by atoms with E-state index in [9.17, 15) is 23.1 Å². The van der Waals surface area contributed by atoms with Crippen molar-refractivity contribution >= 4 is 5.91 Å². The summed E-state index contributed by atoms with van der Waals surface area (Å²) in [5.74, 6) is -2.67. The number of benzene rings is 1. The fraction of sp³-hybridized carbons (Fsp3) is 0.357. The van der Waals surface area contributed by atoms with Crippen molar-refractivity contribution in [3.8, 4) is 12.3 Å². The second-order valence-corrected chi connectivity index (χ2v) is 4.11. The topological polar surface area (TPSA) is 58.6 Å². The molecule has 0 spiro atoms. The molecule has 4 nitrogen and oxygen atoms in total. The van der Waals surface area contributed by atoms with E-state index in [0.29, 0.717) is 12.1 Å². The minimum Gasteiger partial charge on any atom is -0.394 e. The van der Waals surface area contributed by atoms with Crippen LogP contribution >= 0.6 is 0 Å². The van der Waals surface area contributed by atoms with Gasteiger partial charge in [0.2, 0.25) is 5.91 Å². The Balaban J connectivity index is 2.67. The molecule has 0 fully saturated rings. The first-order valence-corrected chi connectivity index (χ1v) is 6.05. The quantitative estimate of drug-likeness (QED) is 0.453. The minimum absolute atomic E-state index is 0.0374. The normalized spacial score (nSPS) is 11.8. The molecular formula is C14H14F3NO3. The van der Waals surface area contributed by atoms with Crippen molar-refractivity contribution in [2.45, 2.75) is 12.5 Å². The summed E-state index contributed by atoms with van der Waals surface area (Å²) >= 11 is 0. The first kappa shape index (κ1) is 17.0. The lowest BCUT2D eigenvalue weighted by Gasteiger charge is -2.17. The number of carbonyl (C=O) groups excluding carboxylic acids is 1. The molecule has 21 heavy (non-hydrogen) atoms. The number of ether oxygens (including phenoxy) is 1. The van der Waals surface area contributed by atoms with Gasteiger partial charge in [0.05, 0.1) is 25.7 Å². The van der Waals surface area contributed by atoms with Crippen LogP contribution in [0.2, 0.25) is 0 Å². The molecular weight excluding hydrogens is 287 g/mol. The predicted molar refractivity (Wildman–Crippen MR) is 68.6 cm³/mol. The van der Waals surface area contributed by atoms with Crippen molar-refractivity contribution in [3.05, 3.63) is 35.1 Å². The number of nitrogens with one attached hydrogen (secondary N) is 1. The van der Waals surface area contributed by atoms with Crippen LogP contribution in [-0.4, -0.2) is 30.8 Å². The molecule has 1 aromatic rings. The maximum absolute atomic E-state index is 13.1. The van der Waals surface area contributed by atoms with E-state index in [1.807, 2.05) is 0 Å². The number of hydrogen-bond acceptors (Lipinski definition) is 3. The summed E-state index contributed by atoms with van der Waals surface area (Å²) in [7, 11) is 0. The average Bonchev–Trinajstić information content (AvgIpc) is 2.46. The third-order valence-corrected chi connectivity index (χ3v) is 2.59. The summed E-state index contributed by atoms with van der Waals surface area (Å²) in [5.41, 5.74) is -0.0770. The summed E-state index contributed by atoms with van der Waals surface area (Å²) in [4.78, 5) is 11.6. The van der Waals surface area contributed by atoms with E-state index >= 15 is 0 Å². The summed E-state index contributed by atoms with van der Waals surface area (Å²) in [5, 5.41) is 11.5. The lowest BCUT2D eigenvalue weighted by Crippen LogP contribution is -2.31. The summed E-state index contributed by atoms with van der Waals surface area (Å²) in [6.45, 7) is -0.465. The lowest BCUT2D eigenvalue weighted by atomic mass is 10.1. The highest BCUT2D eigenvalue weighted by Gasteiger charge is 2.18. The van der Waals surface area contributed by atoms with Crippen LogP contribution in [0.5, 0.6) is 0 Å². The first-order valence-electron chi connectivity index (χ1n) is 6.05. The molecule has 1 amide bonds. The molecule has 0 heterocycles. The van der Waals surface area contributed by atoms with E-state index < -0.39 is 36.0 Å². The smallest absolute Gasteiger partial charge is 0.222 e. The van der Waals surface area contributed by atoms with Gasteiger partial charge in [-0.05, 0) is 17.7 Å². The van der Waals surface area contributed by atoms with E-state index in [1.165, 1.54) is 0 Å². The molecule has 1 atom stereocenters. The molecule has 7 heteroatoms. The highest BCUT2D eigenvalue weighted by atomic mass is 19.2. The van der Waals surface area contributed by atoms with Gasteiger partial charge >= 0.3 is 0 Å². The van der Waals surface area contributed by atoms with Crippen molar-refractivity contribution in [1.29, 1.82) is 0 Å². The first-order chi connectivity index (χ1) is 9.99. The molecule has 1 aromatic carbocycles. The average molecular weight is 301 g/mol. The van der Waals surface area contributed by atoms with Crippen molar-refractivity contribution in [2.24, 2.45) is 0 Å². The van der Waals surface area contributed by atoms with Crippen molar-refractivity contribution < 1.29 is 27.8 Å². The number of aliphatic hydroxyl groups excluding tert-OH is 1. The van der Waals surface area contributed by atoms with Crippen LogP contribution in [0.4, 0.5) is 13.2 Å². The van der Waals surface area contributed by atoms with Gasteiger partial charge < -0.3 is 15.2 Å². The van der Waals surface area contributed by atoms with Crippen LogP contribution in [0.3, 0.4) is 0 Å². The largest absolute Gasteiger partial charge is 0.394 e. The van der Waals surface area contributed by atoms with Gasteiger partial charge in [-0.2, -0.15) is 0 Å². The Morgan fingerprint density at radius 3 is 2.52 bits per heavy atom. The number of carbonyl (C=O) groups is 1. The van der Waals surface area contributed by atoms with Gasteiger partial charge in [0.1, 0.15) is 6.61 Å². The fourth-order valence-corrected chi connectivity index (χ4v) is 1.57. The van der Waals surface area contributed by atoms with Gasteiger partial charge in [-0.3, -0.25) is 4.79 Å². The lowest BCUT2D eigenvalue weighted by molar-refractivity contribution is -0.123. The van der Waals surface area contributed by atoms with Crippen molar-refractivity contribution in [2.75, 3.05) is 19.8 Å². The summed E-state index contributed by atoms with van der Waals surface area (Å²) < 4.78 is 44.0. The Hall–Kier alpha value is -2.04. The predicted octanol–water partition coefficient (Wildman–Crippen LogP) is 1.29. The molecule has 0 saturated carbocycles. The molecule has 0 aromatic heterocycles.